The van der Waals surface area contributed by atoms with Crippen LogP contribution in [-0.2, 0) is 19.1 Å². The van der Waals surface area contributed by atoms with Crippen LogP contribution in [0.4, 0.5) is 0 Å². The van der Waals surface area contributed by atoms with Crippen LogP contribution >= 0.6 is 0 Å². The highest BCUT2D eigenvalue weighted by atomic mass is 16.5. The zero-order valence-electron chi connectivity index (χ0n) is 18.7. The highest BCUT2D eigenvalue weighted by Gasteiger charge is 2.11. The molecule has 0 fully saturated rings. The maximum Gasteiger partial charge on any atom is 0.305 e. The topological polar surface area (TPSA) is 93.1 Å². The molecule has 0 aliphatic carbocycles. The predicted molar refractivity (Wildman–Crippen MR) is 115 cm³/mol. The van der Waals surface area contributed by atoms with Gasteiger partial charge in [-0.25, -0.2) is 0 Å². The van der Waals surface area contributed by atoms with Gasteiger partial charge >= 0.3 is 11.9 Å². The Balaban J connectivity index is 3.55. The Hall–Kier alpha value is -1.14. The molecule has 0 bridgehead atoms. The molecule has 0 radical (unpaired) electrons. The van der Waals surface area contributed by atoms with Crippen LogP contribution in [0.15, 0.2) is 0 Å². The van der Waals surface area contributed by atoms with Crippen LogP contribution in [0.1, 0.15) is 110 Å². The molecule has 2 atom stereocenters. The molecule has 0 saturated carbocycles. The van der Waals surface area contributed by atoms with E-state index in [1.165, 1.54) is 51.9 Å². The van der Waals surface area contributed by atoms with Crippen molar-refractivity contribution in [3.05, 3.63) is 0 Å². The molecule has 0 amide bonds. The molecule has 0 saturated heterocycles. The minimum Gasteiger partial charge on any atom is -0.463 e. The minimum atomic E-state index is -0.982. The molecule has 29 heavy (non-hydrogen) atoms. The van der Waals surface area contributed by atoms with Gasteiger partial charge < -0.3 is 19.7 Å². The van der Waals surface area contributed by atoms with Crippen LogP contribution in [0.25, 0.3) is 0 Å². The first-order valence-corrected chi connectivity index (χ1v) is 11.6. The van der Waals surface area contributed by atoms with Crippen molar-refractivity contribution in [1.82, 2.24) is 0 Å². The van der Waals surface area contributed by atoms with Gasteiger partial charge in [0, 0.05) is 13.3 Å². The third-order valence-corrected chi connectivity index (χ3v) is 5.02. The Morgan fingerprint density at radius 1 is 0.828 bits per heavy atom. The SMILES string of the molecule is CCCCCCC(CCCCCCCCCCC(=O)OCC(O)CO)OC(C)=O. The number of carbonyl (C=O) groups excluding carboxylic acids is 2. The van der Waals surface area contributed by atoms with Gasteiger partial charge in [0.1, 0.15) is 18.8 Å². The number of unbranched alkanes of at least 4 members (excludes halogenated alkanes) is 10. The summed E-state index contributed by atoms with van der Waals surface area (Å²) in [5, 5.41) is 17.8. The minimum absolute atomic E-state index is 0.0857. The molecule has 0 spiro atoms. The number of aliphatic hydroxyl groups is 2. The molecule has 0 aliphatic rings. The standard InChI is InChI=1S/C23H44O6/c1-3-4-5-12-15-22(29-20(2)25)16-13-10-8-6-7-9-11-14-17-23(27)28-19-21(26)18-24/h21-22,24,26H,3-19H2,1-2H3. The van der Waals surface area contributed by atoms with E-state index in [1.54, 1.807) is 0 Å². The zero-order chi connectivity index (χ0) is 21.7. The van der Waals surface area contributed by atoms with Gasteiger partial charge in [-0.05, 0) is 32.1 Å². The summed E-state index contributed by atoms with van der Waals surface area (Å²) in [6.45, 7) is 3.17. The first kappa shape index (κ1) is 27.9. The van der Waals surface area contributed by atoms with E-state index in [-0.39, 0.29) is 24.6 Å². The van der Waals surface area contributed by atoms with E-state index in [4.69, 9.17) is 19.7 Å². The molecule has 0 heterocycles. The fraction of sp³-hybridized carbons (Fsp3) is 0.913. The highest BCUT2D eigenvalue weighted by Crippen LogP contribution is 2.17. The largest absolute Gasteiger partial charge is 0.463 e. The molecule has 0 aromatic carbocycles. The molecule has 6 heteroatoms. The number of rotatable bonds is 20. The molecule has 0 aromatic heterocycles. The van der Waals surface area contributed by atoms with E-state index in [1.807, 2.05) is 0 Å². The number of carbonyl (C=O) groups is 2. The number of esters is 2. The van der Waals surface area contributed by atoms with Crippen LogP contribution < -0.4 is 0 Å². The third-order valence-electron chi connectivity index (χ3n) is 5.02. The number of aliphatic hydroxyl groups excluding tert-OH is 2. The lowest BCUT2D eigenvalue weighted by molar-refractivity contribution is -0.148. The van der Waals surface area contributed by atoms with Crippen molar-refractivity contribution in [2.75, 3.05) is 13.2 Å². The molecule has 0 rings (SSSR count). The van der Waals surface area contributed by atoms with Crippen molar-refractivity contribution >= 4 is 11.9 Å². The monoisotopic (exact) mass is 416 g/mol. The Morgan fingerprint density at radius 2 is 1.34 bits per heavy atom. The van der Waals surface area contributed by atoms with E-state index >= 15 is 0 Å². The quantitative estimate of drug-likeness (QED) is 0.221. The molecule has 2 unspecified atom stereocenters. The average molecular weight is 417 g/mol. The summed E-state index contributed by atoms with van der Waals surface area (Å²) in [6.07, 6.45) is 15.0. The van der Waals surface area contributed by atoms with Crippen molar-refractivity contribution in [2.24, 2.45) is 0 Å². The van der Waals surface area contributed by atoms with Crippen LogP contribution in [0.3, 0.4) is 0 Å². The van der Waals surface area contributed by atoms with Crippen LogP contribution in [0.5, 0.6) is 0 Å². The second-order valence-corrected chi connectivity index (χ2v) is 7.97. The lowest BCUT2D eigenvalue weighted by atomic mass is 10.0. The highest BCUT2D eigenvalue weighted by molar-refractivity contribution is 5.69. The number of hydrogen-bond donors (Lipinski definition) is 2. The molecule has 6 nitrogen and oxygen atoms in total. The second-order valence-electron chi connectivity index (χ2n) is 7.97. The Labute approximate surface area is 177 Å². The lowest BCUT2D eigenvalue weighted by Crippen LogP contribution is -2.21. The Kier molecular flexibility index (Phi) is 19.4. The number of hydrogen-bond acceptors (Lipinski definition) is 6. The summed E-state index contributed by atoms with van der Waals surface area (Å²) >= 11 is 0. The van der Waals surface area contributed by atoms with Gasteiger partial charge in [-0.3, -0.25) is 9.59 Å². The van der Waals surface area contributed by atoms with Crippen LogP contribution in [0, 0.1) is 0 Å². The summed E-state index contributed by atoms with van der Waals surface area (Å²) in [4.78, 5) is 22.7. The van der Waals surface area contributed by atoms with Gasteiger partial charge in [0.05, 0.1) is 6.61 Å². The van der Waals surface area contributed by atoms with Gasteiger partial charge in [0.25, 0.3) is 0 Å². The van der Waals surface area contributed by atoms with Gasteiger partial charge in [0.15, 0.2) is 0 Å². The summed E-state index contributed by atoms with van der Waals surface area (Å²) < 4.78 is 10.3. The summed E-state index contributed by atoms with van der Waals surface area (Å²) in [6, 6.07) is 0. The van der Waals surface area contributed by atoms with Crippen molar-refractivity contribution in [3.8, 4) is 0 Å². The normalized spacial score (nSPS) is 13.1. The van der Waals surface area contributed by atoms with E-state index in [0.29, 0.717) is 6.42 Å². The first-order valence-electron chi connectivity index (χ1n) is 11.6. The maximum atomic E-state index is 11.4. The molecule has 0 aliphatic heterocycles. The number of ether oxygens (including phenoxy) is 2. The predicted octanol–water partition coefficient (Wildman–Crippen LogP) is 4.69. The van der Waals surface area contributed by atoms with Gasteiger partial charge in [-0.15, -0.1) is 0 Å². The molecular formula is C23H44O6. The van der Waals surface area contributed by atoms with E-state index in [0.717, 1.165) is 44.9 Å². The third kappa shape index (κ3) is 19.9. The Morgan fingerprint density at radius 3 is 1.86 bits per heavy atom. The van der Waals surface area contributed by atoms with Gasteiger partial charge in [-0.1, -0.05) is 64.7 Å². The lowest BCUT2D eigenvalue weighted by Gasteiger charge is -2.17. The van der Waals surface area contributed by atoms with Crippen molar-refractivity contribution in [2.45, 2.75) is 122 Å². The van der Waals surface area contributed by atoms with E-state index in [2.05, 4.69) is 6.92 Å². The van der Waals surface area contributed by atoms with Gasteiger partial charge in [0.2, 0.25) is 0 Å². The summed E-state index contributed by atoms with van der Waals surface area (Å²) in [5.41, 5.74) is 0. The van der Waals surface area contributed by atoms with Crippen LogP contribution in [0.2, 0.25) is 0 Å². The van der Waals surface area contributed by atoms with Gasteiger partial charge in [-0.2, -0.15) is 0 Å². The smallest absolute Gasteiger partial charge is 0.305 e. The Bertz CT molecular complexity index is 399. The molecule has 2 N–H and O–H groups in total. The maximum absolute atomic E-state index is 11.4. The fourth-order valence-electron chi connectivity index (χ4n) is 3.31. The average Bonchev–Trinajstić information content (AvgIpc) is 2.69. The summed E-state index contributed by atoms with van der Waals surface area (Å²) in [7, 11) is 0. The van der Waals surface area contributed by atoms with E-state index in [9.17, 15) is 9.59 Å². The van der Waals surface area contributed by atoms with Crippen molar-refractivity contribution in [1.29, 1.82) is 0 Å². The van der Waals surface area contributed by atoms with E-state index < -0.39 is 12.7 Å². The zero-order valence-corrected chi connectivity index (χ0v) is 18.7. The molecule has 0 aromatic rings. The fourth-order valence-corrected chi connectivity index (χ4v) is 3.31. The molecular weight excluding hydrogens is 372 g/mol. The van der Waals surface area contributed by atoms with Crippen molar-refractivity contribution < 1.29 is 29.3 Å². The molecule has 172 valence electrons. The van der Waals surface area contributed by atoms with Crippen LogP contribution in [-0.4, -0.2) is 47.6 Å². The van der Waals surface area contributed by atoms with Crippen molar-refractivity contribution in [3.63, 3.8) is 0 Å². The first-order chi connectivity index (χ1) is 14.0. The summed E-state index contributed by atoms with van der Waals surface area (Å²) in [5.74, 6) is -0.478. The second kappa shape index (κ2) is 20.1.